The van der Waals surface area contributed by atoms with E-state index in [1.165, 1.54) is 0 Å². The molecule has 1 aliphatic rings. The van der Waals surface area contributed by atoms with E-state index in [1.54, 1.807) is 4.90 Å². The molecular weight excluding hydrogens is 385 g/mol. The van der Waals surface area contributed by atoms with E-state index in [4.69, 9.17) is 4.74 Å². The molecule has 1 fully saturated rings. The molecule has 0 radical (unpaired) electrons. The van der Waals surface area contributed by atoms with Crippen molar-refractivity contribution < 1.29 is 31.8 Å². The number of hydrogen-bond donors (Lipinski definition) is 0. The van der Waals surface area contributed by atoms with Gasteiger partial charge in [0.1, 0.15) is 0 Å². The Morgan fingerprint density at radius 1 is 1.36 bits per heavy atom. The zero-order chi connectivity index (χ0) is 18.6. The zero-order valence-electron chi connectivity index (χ0n) is 12.7. The molecule has 0 spiro atoms. The fourth-order valence-electron chi connectivity index (χ4n) is 2.05. The molecule has 1 aromatic rings. The van der Waals surface area contributed by atoms with Gasteiger partial charge in [-0.15, -0.1) is 11.8 Å². The van der Waals surface area contributed by atoms with Gasteiger partial charge in [0.05, 0.1) is 33.7 Å². The first-order valence-electron chi connectivity index (χ1n) is 6.95. The highest BCUT2D eigenvalue weighted by molar-refractivity contribution is 8.00. The molecule has 25 heavy (non-hydrogen) atoms. The Labute approximate surface area is 147 Å². The van der Waals surface area contributed by atoms with Crippen LogP contribution in [0.2, 0.25) is 0 Å². The number of thioether (sulfide) groups is 1. The third kappa shape index (κ3) is 5.16. The first kappa shape index (κ1) is 19.7. The van der Waals surface area contributed by atoms with Gasteiger partial charge in [0, 0.05) is 19.2 Å². The van der Waals surface area contributed by atoms with E-state index < -0.39 is 31.8 Å². The van der Waals surface area contributed by atoms with E-state index in [0.29, 0.717) is 32.4 Å². The molecule has 1 amide bonds. The molecule has 1 aliphatic heterocycles. The summed E-state index contributed by atoms with van der Waals surface area (Å²) in [5.41, 5.74) is -5.62. The number of morpholine rings is 1. The van der Waals surface area contributed by atoms with Crippen molar-refractivity contribution in [1.82, 2.24) is 4.90 Å². The van der Waals surface area contributed by atoms with Crippen LogP contribution in [-0.4, -0.2) is 57.5 Å². The Bertz CT molecular complexity index is 693. The maximum atomic E-state index is 12.5. The summed E-state index contributed by atoms with van der Waals surface area (Å²) in [6.07, 6.45) is 0. The number of amides is 1. The summed E-state index contributed by atoms with van der Waals surface area (Å²) in [6, 6.07) is 2.62. The molecule has 0 N–H and O–H groups in total. The molecule has 1 saturated heterocycles. The zero-order valence-corrected chi connectivity index (χ0v) is 14.3. The molecular formula is C13H13F3N2O5S2. The molecule has 0 bridgehead atoms. The van der Waals surface area contributed by atoms with Crippen LogP contribution in [-0.2, 0) is 20.3 Å². The van der Waals surface area contributed by atoms with Crippen molar-refractivity contribution in [2.45, 2.75) is 15.3 Å². The van der Waals surface area contributed by atoms with Crippen molar-refractivity contribution >= 4 is 34.2 Å². The summed E-state index contributed by atoms with van der Waals surface area (Å²) in [6.45, 7) is 1.67. The average Bonchev–Trinajstić information content (AvgIpc) is 2.58. The van der Waals surface area contributed by atoms with Crippen LogP contribution in [0.5, 0.6) is 0 Å². The highest BCUT2D eigenvalue weighted by Gasteiger charge is 2.38. The fraction of sp³-hybridized carbons (Fsp3) is 0.462. The summed E-state index contributed by atoms with van der Waals surface area (Å²) in [4.78, 5) is 23.2. The van der Waals surface area contributed by atoms with Crippen LogP contribution < -0.4 is 0 Å². The van der Waals surface area contributed by atoms with Crippen molar-refractivity contribution in [2.24, 2.45) is 0 Å². The van der Waals surface area contributed by atoms with Gasteiger partial charge >= 0.3 is 5.51 Å². The second-order valence-corrected chi connectivity index (χ2v) is 7.37. The number of benzene rings is 1. The first-order chi connectivity index (χ1) is 11.7. The van der Waals surface area contributed by atoms with Crippen LogP contribution in [0.25, 0.3) is 0 Å². The lowest BCUT2D eigenvalue weighted by Gasteiger charge is -2.26. The summed E-state index contributed by atoms with van der Waals surface area (Å²) < 4.78 is 53.9. The van der Waals surface area contributed by atoms with Crippen molar-refractivity contribution in [3.63, 3.8) is 0 Å². The first-order valence-corrected chi connectivity index (χ1v) is 9.09. The van der Waals surface area contributed by atoms with Gasteiger partial charge in [-0.2, -0.15) is 13.2 Å². The Balaban J connectivity index is 2.13. The minimum Gasteiger partial charge on any atom is -0.378 e. The second kappa shape index (κ2) is 8.15. The minimum atomic E-state index is -5.01. The third-order valence-electron chi connectivity index (χ3n) is 3.27. The molecule has 1 aromatic carbocycles. The number of carbonyl (C=O) groups is 1. The summed E-state index contributed by atoms with van der Waals surface area (Å²) in [5.74, 6) is -0.340. The van der Waals surface area contributed by atoms with E-state index >= 15 is 0 Å². The van der Waals surface area contributed by atoms with Gasteiger partial charge in [-0.1, -0.05) is 0 Å². The number of halogens is 3. The van der Waals surface area contributed by atoms with Gasteiger partial charge in [-0.25, -0.2) is 4.21 Å². The molecule has 2 rings (SSSR count). The van der Waals surface area contributed by atoms with Crippen LogP contribution >= 0.6 is 11.8 Å². The maximum Gasteiger partial charge on any atom is 0.475 e. The van der Waals surface area contributed by atoms with Crippen LogP contribution in [0.15, 0.2) is 28.0 Å². The normalized spacial score (nSPS) is 16.5. The average molecular weight is 398 g/mol. The lowest BCUT2D eigenvalue weighted by Crippen LogP contribution is -2.41. The van der Waals surface area contributed by atoms with Gasteiger partial charge in [-0.3, -0.25) is 14.9 Å². The van der Waals surface area contributed by atoms with E-state index in [2.05, 4.69) is 0 Å². The Morgan fingerprint density at radius 3 is 2.56 bits per heavy atom. The van der Waals surface area contributed by atoms with Crippen molar-refractivity contribution in [3.05, 3.63) is 28.3 Å². The smallest absolute Gasteiger partial charge is 0.378 e. The van der Waals surface area contributed by atoms with E-state index in [1.807, 2.05) is 0 Å². The second-order valence-electron chi connectivity index (χ2n) is 4.88. The lowest BCUT2D eigenvalue weighted by atomic mass is 10.3. The number of nitro groups is 1. The Hall–Kier alpha value is -1.66. The van der Waals surface area contributed by atoms with Gasteiger partial charge in [0.25, 0.3) is 5.69 Å². The number of ether oxygens (including phenoxy) is 1. The number of hydrogen-bond acceptors (Lipinski definition) is 6. The SMILES string of the molecule is O=C(CSc1ccc(S(=O)C(F)(F)F)cc1[N+](=O)[O-])N1CCOCC1. The quantitative estimate of drug-likeness (QED) is 0.429. The highest BCUT2D eigenvalue weighted by atomic mass is 32.2. The molecule has 7 nitrogen and oxygen atoms in total. The molecule has 0 aromatic heterocycles. The van der Waals surface area contributed by atoms with Crippen molar-refractivity contribution in [3.8, 4) is 0 Å². The molecule has 0 saturated carbocycles. The third-order valence-corrected chi connectivity index (χ3v) is 5.42. The summed E-state index contributed by atoms with van der Waals surface area (Å²) >= 11 is 0.851. The fourth-order valence-corrected chi connectivity index (χ4v) is 3.64. The molecule has 1 heterocycles. The predicted molar refractivity (Wildman–Crippen MR) is 83.7 cm³/mol. The summed E-state index contributed by atoms with van der Waals surface area (Å²) in [5, 5.41) is 11.1. The number of nitrogens with zero attached hydrogens (tertiary/aromatic N) is 2. The van der Waals surface area contributed by atoms with Gasteiger partial charge in [0.15, 0.2) is 10.8 Å². The predicted octanol–water partition coefficient (Wildman–Crippen LogP) is 2.17. The number of rotatable bonds is 5. The van der Waals surface area contributed by atoms with E-state index in [-0.39, 0.29) is 16.6 Å². The Kier molecular flexibility index (Phi) is 6.41. The monoisotopic (exact) mass is 398 g/mol. The van der Waals surface area contributed by atoms with Gasteiger partial charge in [-0.05, 0) is 12.1 Å². The van der Waals surface area contributed by atoms with Crippen LogP contribution in [0.1, 0.15) is 0 Å². The van der Waals surface area contributed by atoms with E-state index in [0.717, 1.165) is 23.9 Å². The molecule has 1 atom stereocenters. The molecule has 0 aliphatic carbocycles. The lowest BCUT2D eigenvalue weighted by molar-refractivity contribution is -0.387. The van der Waals surface area contributed by atoms with Crippen LogP contribution in [0.4, 0.5) is 18.9 Å². The number of carbonyl (C=O) groups excluding carboxylic acids is 1. The molecule has 1 unspecified atom stereocenters. The topological polar surface area (TPSA) is 89.8 Å². The van der Waals surface area contributed by atoms with Crippen molar-refractivity contribution in [1.29, 1.82) is 0 Å². The van der Waals surface area contributed by atoms with Crippen LogP contribution in [0, 0.1) is 10.1 Å². The summed E-state index contributed by atoms with van der Waals surface area (Å²) in [7, 11) is -3.36. The standard InChI is InChI=1S/C13H13F3N2O5S2/c14-13(15,16)25(22)9-1-2-11(10(7-9)18(20)21)24-8-12(19)17-3-5-23-6-4-17/h1-2,7H,3-6,8H2. The number of alkyl halides is 3. The Morgan fingerprint density at radius 2 is 2.00 bits per heavy atom. The van der Waals surface area contributed by atoms with Gasteiger partial charge in [0.2, 0.25) is 5.91 Å². The van der Waals surface area contributed by atoms with Crippen molar-refractivity contribution in [2.75, 3.05) is 32.1 Å². The molecule has 138 valence electrons. The highest BCUT2D eigenvalue weighted by Crippen LogP contribution is 2.34. The maximum absolute atomic E-state index is 12.5. The van der Waals surface area contributed by atoms with E-state index in [9.17, 15) is 32.3 Å². The van der Waals surface area contributed by atoms with Crippen LogP contribution in [0.3, 0.4) is 0 Å². The largest absolute Gasteiger partial charge is 0.475 e. The molecule has 12 heteroatoms. The van der Waals surface area contributed by atoms with Gasteiger partial charge < -0.3 is 9.64 Å². The number of nitro benzene ring substituents is 1. The minimum absolute atomic E-state index is 0.0366.